The van der Waals surface area contributed by atoms with Gasteiger partial charge in [0.1, 0.15) is 57.3 Å². The Morgan fingerprint density at radius 3 is 1.46 bits per heavy atom. The van der Waals surface area contributed by atoms with Gasteiger partial charge < -0.3 is 49.0 Å². The second-order valence-corrected chi connectivity index (χ2v) is 28.6. The van der Waals surface area contributed by atoms with Crippen LogP contribution in [-0.2, 0) is 63.2 Å². The number of unbranched alkanes of at least 4 members (excludes halogenated alkanes) is 6. The third-order valence-electron chi connectivity index (χ3n) is 21.3. The minimum absolute atomic E-state index is 0.00152. The van der Waals surface area contributed by atoms with Crippen LogP contribution in [0.3, 0.4) is 0 Å². The van der Waals surface area contributed by atoms with Gasteiger partial charge >= 0.3 is 5.97 Å². The maximum absolute atomic E-state index is 14.8. The number of hydrogen-bond donors (Lipinski definition) is 3. The van der Waals surface area contributed by atoms with E-state index < -0.39 is 34.7 Å². The predicted molar refractivity (Wildman–Crippen MR) is 368 cm³/mol. The highest BCUT2D eigenvalue weighted by molar-refractivity contribution is 6.06. The van der Waals surface area contributed by atoms with E-state index in [0.717, 1.165) is 126 Å². The predicted octanol–water partition coefficient (Wildman–Crippen LogP) is 15.8. The van der Waals surface area contributed by atoms with Gasteiger partial charge in [-0.25, -0.2) is 4.79 Å². The number of methoxy groups -OCH3 is 1. The lowest BCUT2D eigenvalue weighted by atomic mass is 9.77. The average molecular weight is 1290 g/mol. The fourth-order valence-electron chi connectivity index (χ4n) is 16.0. The minimum atomic E-state index is -0.960. The monoisotopic (exact) mass is 1290 g/mol. The molecule has 6 aromatic rings. The summed E-state index contributed by atoms with van der Waals surface area (Å²) in [4.78, 5) is 74.5. The minimum Gasteiger partial charge on any atom is -0.506 e. The summed E-state index contributed by atoms with van der Waals surface area (Å²) in [5.74, 6) is -0.243. The number of carbonyl (C=O) groups is 5. The molecular weight excluding hydrogens is 1190 g/mol. The molecule has 15 nitrogen and oxygen atoms in total. The molecule has 3 atom stereocenters. The van der Waals surface area contributed by atoms with Crippen LogP contribution < -0.4 is 14.2 Å². The number of aromatic hydroxyl groups is 3. The molecule has 3 unspecified atom stereocenters. The molecule has 6 aliphatic rings. The van der Waals surface area contributed by atoms with E-state index in [1.54, 1.807) is 9.80 Å². The van der Waals surface area contributed by atoms with Crippen molar-refractivity contribution in [3.05, 3.63) is 140 Å². The number of fused-ring (bicyclic) bond motifs is 9. The summed E-state index contributed by atoms with van der Waals surface area (Å²) in [5, 5.41) is 38.1. The van der Waals surface area contributed by atoms with Gasteiger partial charge in [-0.2, -0.15) is 0 Å². The second-order valence-electron chi connectivity index (χ2n) is 28.6. The van der Waals surface area contributed by atoms with E-state index in [4.69, 9.17) is 18.9 Å². The number of aryl methyl sites for hydroxylation is 6. The smallest absolute Gasteiger partial charge is 0.328 e. The zero-order valence-corrected chi connectivity index (χ0v) is 57.2. The number of ether oxygens (including phenoxy) is 4. The van der Waals surface area contributed by atoms with Crippen LogP contribution in [0.1, 0.15) is 232 Å². The zero-order chi connectivity index (χ0) is 67.3. The molecule has 6 aromatic carbocycles. The number of benzene rings is 6. The number of hydrogen-bond acceptors (Lipinski definition) is 12. The number of nitrogens with zero attached hydrogens (tertiary/aromatic N) is 3. The first-order chi connectivity index (χ1) is 45.6. The molecule has 0 spiro atoms. The van der Waals surface area contributed by atoms with E-state index in [-0.39, 0.29) is 58.9 Å². The van der Waals surface area contributed by atoms with Crippen LogP contribution in [0.4, 0.5) is 0 Å². The van der Waals surface area contributed by atoms with Crippen LogP contribution in [0.25, 0.3) is 33.4 Å². The van der Waals surface area contributed by atoms with Gasteiger partial charge in [-0.15, -0.1) is 0 Å². The van der Waals surface area contributed by atoms with Gasteiger partial charge in [-0.1, -0.05) is 119 Å². The number of carbonyl (C=O) groups excluding carboxylic acids is 5. The molecule has 12 rings (SSSR count). The van der Waals surface area contributed by atoms with Crippen LogP contribution in [0.5, 0.6) is 34.5 Å². The van der Waals surface area contributed by atoms with Gasteiger partial charge in [0, 0.05) is 49.3 Å². The number of ketones is 1. The van der Waals surface area contributed by atoms with E-state index in [1.165, 1.54) is 7.11 Å². The summed E-state index contributed by atoms with van der Waals surface area (Å²) < 4.78 is 26.5. The number of likely N-dealkylation sites (tertiary alicyclic amines) is 3. The molecule has 0 saturated carbocycles. The summed E-state index contributed by atoms with van der Waals surface area (Å²) in [7, 11) is 1.34. The Labute approximate surface area is 560 Å². The van der Waals surface area contributed by atoms with Crippen molar-refractivity contribution in [3.63, 3.8) is 0 Å². The van der Waals surface area contributed by atoms with E-state index in [2.05, 4.69) is 83.1 Å². The van der Waals surface area contributed by atoms with E-state index >= 15 is 0 Å². The molecule has 0 aliphatic carbocycles. The first-order valence-corrected chi connectivity index (χ1v) is 35.2. The van der Waals surface area contributed by atoms with E-state index in [0.29, 0.717) is 135 Å². The number of esters is 1. The number of amides is 3. The van der Waals surface area contributed by atoms with Gasteiger partial charge in [-0.3, -0.25) is 19.2 Å². The van der Waals surface area contributed by atoms with Crippen LogP contribution >= 0.6 is 0 Å². The van der Waals surface area contributed by atoms with Crippen molar-refractivity contribution in [2.45, 2.75) is 213 Å². The van der Waals surface area contributed by atoms with Crippen molar-refractivity contribution in [1.29, 1.82) is 0 Å². The van der Waals surface area contributed by atoms with Crippen molar-refractivity contribution >= 4 is 29.5 Å². The Morgan fingerprint density at radius 2 is 0.979 bits per heavy atom. The van der Waals surface area contributed by atoms with Crippen molar-refractivity contribution in [2.75, 3.05) is 39.8 Å². The second kappa shape index (κ2) is 27.1. The van der Waals surface area contributed by atoms with Gasteiger partial charge in [0.2, 0.25) is 0 Å². The largest absolute Gasteiger partial charge is 0.506 e. The zero-order valence-electron chi connectivity index (χ0n) is 57.2. The Morgan fingerprint density at radius 1 is 0.526 bits per heavy atom. The molecule has 0 aromatic heterocycles. The molecule has 6 aliphatic heterocycles. The average Bonchev–Trinajstić information content (AvgIpc) is 1.27. The summed E-state index contributed by atoms with van der Waals surface area (Å²) in [6, 6.07) is 23.9. The first-order valence-electron chi connectivity index (χ1n) is 35.2. The topological polar surface area (TPSA) is 193 Å². The van der Waals surface area contributed by atoms with Gasteiger partial charge in [0.05, 0.1) is 47.0 Å². The highest BCUT2D eigenvalue weighted by Crippen LogP contribution is 2.57. The Hall–Kier alpha value is -8.33. The molecular formula is C80H95N3O12. The highest BCUT2D eigenvalue weighted by atomic mass is 16.5. The normalized spacial score (nSPS) is 19.6. The lowest BCUT2D eigenvalue weighted by Crippen LogP contribution is -2.41. The summed E-state index contributed by atoms with van der Waals surface area (Å²) >= 11 is 0. The van der Waals surface area contributed by atoms with Crippen LogP contribution in [0.15, 0.2) is 72.8 Å². The van der Waals surface area contributed by atoms with Crippen molar-refractivity contribution in [1.82, 2.24) is 14.7 Å². The molecule has 3 saturated heterocycles. The Kier molecular flexibility index (Phi) is 19.0. The molecule has 3 N–H and O–H groups in total. The molecule has 502 valence electrons. The summed E-state index contributed by atoms with van der Waals surface area (Å²) in [5.41, 5.74) is 9.45. The van der Waals surface area contributed by atoms with Crippen molar-refractivity contribution in [3.8, 4) is 67.9 Å². The lowest BCUT2D eigenvalue weighted by Gasteiger charge is -2.40. The summed E-state index contributed by atoms with van der Waals surface area (Å²) in [6.45, 7) is 18.6. The number of phenols is 3. The van der Waals surface area contributed by atoms with Gasteiger partial charge in [-0.05, 0) is 187 Å². The fraction of sp³-hybridized carbons (Fsp3) is 0.487. The van der Waals surface area contributed by atoms with E-state index in [1.807, 2.05) is 49.9 Å². The molecule has 15 heteroatoms. The Balaban J connectivity index is 0.919. The molecule has 3 fully saturated rings. The molecule has 6 heterocycles. The van der Waals surface area contributed by atoms with Gasteiger partial charge in [0.15, 0.2) is 5.78 Å². The fourth-order valence-corrected chi connectivity index (χ4v) is 16.0. The quantitative estimate of drug-likeness (QED) is 0.0431. The number of phenolic OH excluding ortho intramolecular Hbond substituents is 3. The third kappa shape index (κ3) is 12.5. The maximum atomic E-state index is 14.8. The number of Topliss-reactive ketones (excluding diaryl/α,β-unsaturated/α-hetero) is 1. The standard InChI is InChI=1S/C80H95N3O12/c1-10-13-16-22-51-44-62-69(72(86)66(51)75(89)82-40-34-54(84)47-82)56-42-49(27-30-58(56)78(5,6)93-62)32-36-80(8)60-31-28-50(43-57(60)70-64(95-80)45-52(23-17-14-11-2)65(71(70)85)74(88)81-37-19-20-38-81)33-35-79(7)59-29-26-48(4)41-55(59)68-63(94-79)46-53(24-18-15-12-3)67(73(68)87)76(90)83-39-21-25-61(83)77(91)92-9/h26-31,41-46,61,85-87H,10-25,32-40,47H2,1-9H3. The highest BCUT2D eigenvalue weighted by Gasteiger charge is 2.45. The summed E-state index contributed by atoms with van der Waals surface area (Å²) in [6.07, 6.45) is 15.2. The van der Waals surface area contributed by atoms with Crippen molar-refractivity contribution < 1.29 is 58.2 Å². The maximum Gasteiger partial charge on any atom is 0.328 e. The SMILES string of the molecule is CCCCCc1cc2c(c(O)c1C(=O)N1CCC(=O)C1)-c1cc(CCC3(C)Oc4cc(CCCCC)c(C(=O)N5CCCC5)c(O)c4-c4cc(CCC5(C)Oc6cc(CCCCC)c(C(=O)N7CCCC7C(=O)OC)c(O)c6-c6cc(C)ccc65)ccc43)ccc1C(C)(C)O2. The van der Waals surface area contributed by atoms with E-state index in [9.17, 15) is 39.3 Å². The molecule has 3 amide bonds. The molecule has 0 radical (unpaired) electrons. The Bertz CT molecular complexity index is 4030. The van der Waals surface area contributed by atoms with Crippen LogP contribution in [0.2, 0.25) is 0 Å². The third-order valence-corrected chi connectivity index (χ3v) is 21.3. The van der Waals surface area contributed by atoms with Crippen LogP contribution in [-0.4, -0.2) is 105 Å². The molecule has 0 bridgehead atoms. The van der Waals surface area contributed by atoms with Crippen LogP contribution in [0, 0.1) is 6.92 Å². The molecule has 95 heavy (non-hydrogen) atoms. The lowest BCUT2D eigenvalue weighted by molar-refractivity contribution is -0.145. The first kappa shape index (κ1) is 66.7. The van der Waals surface area contributed by atoms with Crippen molar-refractivity contribution in [2.24, 2.45) is 0 Å². The van der Waals surface area contributed by atoms with Gasteiger partial charge in [0.25, 0.3) is 17.7 Å². The number of rotatable bonds is 22.